The van der Waals surface area contributed by atoms with Crippen molar-refractivity contribution in [1.29, 1.82) is 0 Å². The van der Waals surface area contributed by atoms with Crippen LogP contribution >= 0.6 is 15.9 Å². The highest BCUT2D eigenvalue weighted by Crippen LogP contribution is 2.38. The maximum absolute atomic E-state index is 13.0. The van der Waals surface area contributed by atoms with Crippen LogP contribution in [-0.2, 0) is 19.4 Å². The molecule has 0 saturated carbocycles. The molecule has 0 fully saturated rings. The predicted molar refractivity (Wildman–Crippen MR) is 119 cm³/mol. The lowest BCUT2D eigenvalue weighted by atomic mass is 9.96. The van der Waals surface area contributed by atoms with Crippen molar-refractivity contribution in [2.24, 2.45) is 5.92 Å². The molecule has 30 heavy (non-hydrogen) atoms. The van der Waals surface area contributed by atoms with Gasteiger partial charge in [-0.25, -0.2) is 0 Å². The summed E-state index contributed by atoms with van der Waals surface area (Å²) in [6.45, 7) is 2.95. The number of ether oxygens (including phenoxy) is 2. The van der Waals surface area contributed by atoms with Crippen molar-refractivity contribution in [1.82, 2.24) is 0 Å². The Morgan fingerprint density at radius 1 is 1.07 bits per heavy atom. The van der Waals surface area contributed by atoms with Gasteiger partial charge in [-0.15, -0.1) is 0 Å². The average Bonchev–Trinajstić information content (AvgIpc) is 3.05. The van der Waals surface area contributed by atoms with Crippen molar-refractivity contribution in [2.45, 2.75) is 26.3 Å². The Balaban J connectivity index is 1.52. The van der Waals surface area contributed by atoms with Crippen LogP contribution in [0, 0.1) is 12.8 Å². The topological polar surface area (TPSA) is 39.4 Å². The Kier molecular flexibility index (Phi) is 5.91. The van der Waals surface area contributed by atoms with Crippen LogP contribution in [0.15, 0.2) is 59.3 Å². The van der Waals surface area contributed by atoms with E-state index in [0.717, 1.165) is 34.1 Å². The van der Waals surface area contributed by atoms with E-state index in [-0.39, 0.29) is 11.7 Å². The Bertz CT molecular complexity index is 1110. The molecule has 1 heterocycles. The third-order valence-electron chi connectivity index (χ3n) is 5.85. The number of carbonyl (C=O) groups is 1. The molecule has 1 aliphatic carbocycles. The van der Waals surface area contributed by atoms with E-state index in [2.05, 4.69) is 70.1 Å². The fourth-order valence-electron chi connectivity index (χ4n) is 4.11. The van der Waals surface area contributed by atoms with Gasteiger partial charge in [0.2, 0.25) is 0 Å². The molecule has 3 aromatic rings. The molecule has 0 radical (unpaired) electrons. The molecule has 0 spiro atoms. The Hall–Kier alpha value is -2.66. The second-order valence-corrected chi connectivity index (χ2v) is 8.60. The van der Waals surface area contributed by atoms with Crippen molar-refractivity contribution in [3.8, 4) is 11.5 Å². The van der Waals surface area contributed by atoms with Crippen LogP contribution in [0.2, 0.25) is 0 Å². The van der Waals surface area contributed by atoms with Gasteiger partial charge < -0.3 is 9.47 Å². The molecule has 1 aliphatic rings. The van der Waals surface area contributed by atoms with Crippen LogP contribution in [0.4, 0.5) is 0 Å². The van der Waals surface area contributed by atoms with Crippen LogP contribution < -0.4 is 14.0 Å². The van der Waals surface area contributed by atoms with Gasteiger partial charge in [-0.2, -0.15) is 4.57 Å². The summed E-state index contributed by atoms with van der Waals surface area (Å²) < 4.78 is 13.9. The monoisotopic (exact) mass is 466 g/mol. The van der Waals surface area contributed by atoms with Crippen molar-refractivity contribution in [3.63, 3.8) is 0 Å². The summed E-state index contributed by atoms with van der Waals surface area (Å²) in [6.07, 6.45) is 5.61. The third kappa shape index (κ3) is 3.99. The van der Waals surface area contributed by atoms with E-state index in [1.807, 2.05) is 12.1 Å². The standard InChI is InChI=1S/C25H25BrNO3/c1-16-6-4-5-7-18(16)14-27-9-8-17(22(26)15-27)10-20-11-19-12-23(29-2)24(30-3)13-21(19)25(20)28/h4-9,12-13,15,20H,10-11,14H2,1-3H3/q+1. The van der Waals surface area contributed by atoms with Crippen LogP contribution in [-0.4, -0.2) is 20.0 Å². The van der Waals surface area contributed by atoms with Gasteiger partial charge in [0.05, 0.1) is 18.7 Å². The van der Waals surface area contributed by atoms with E-state index in [4.69, 9.17) is 9.47 Å². The molecule has 4 nitrogen and oxygen atoms in total. The minimum atomic E-state index is -0.0691. The molecule has 1 aromatic heterocycles. The molecule has 4 rings (SSSR count). The molecule has 0 saturated heterocycles. The van der Waals surface area contributed by atoms with E-state index in [1.165, 1.54) is 11.1 Å². The third-order valence-corrected chi connectivity index (χ3v) is 6.56. The highest BCUT2D eigenvalue weighted by molar-refractivity contribution is 9.10. The van der Waals surface area contributed by atoms with Crippen molar-refractivity contribution in [2.75, 3.05) is 14.2 Å². The van der Waals surface area contributed by atoms with E-state index < -0.39 is 0 Å². The summed E-state index contributed by atoms with van der Waals surface area (Å²) >= 11 is 3.71. The summed E-state index contributed by atoms with van der Waals surface area (Å²) in [5.74, 6) is 1.38. The van der Waals surface area contributed by atoms with Gasteiger partial charge in [0.25, 0.3) is 0 Å². The van der Waals surface area contributed by atoms with Gasteiger partial charge in [-0.3, -0.25) is 4.79 Å². The fraction of sp³-hybridized carbons (Fsp3) is 0.280. The normalized spacial score (nSPS) is 15.2. The zero-order valence-corrected chi connectivity index (χ0v) is 19.0. The van der Waals surface area contributed by atoms with E-state index in [0.29, 0.717) is 17.9 Å². The Morgan fingerprint density at radius 2 is 1.80 bits per heavy atom. The Labute approximate surface area is 185 Å². The van der Waals surface area contributed by atoms with Gasteiger partial charge >= 0.3 is 0 Å². The molecule has 0 aliphatic heterocycles. The number of Topliss-reactive ketones (excluding diaryl/α,β-unsaturated/α-hetero) is 1. The first-order valence-electron chi connectivity index (χ1n) is 10.0. The lowest BCUT2D eigenvalue weighted by molar-refractivity contribution is -0.689. The number of methoxy groups -OCH3 is 2. The Morgan fingerprint density at radius 3 is 2.50 bits per heavy atom. The lowest BCUT2D eigenvalue weighted by Crippen LogP contribution is -2.34. The molecular formula is C25H25BrNO3+. The SMILES string of the molecule is COc1cc2c(cc1OC)C(=O)C(Cc1cc[n+](Cc3ccccc3C)cc1Br)C2. The number of aromatic nitrogens is 1. The number of aryl methyl sites for hydroxylation is 1. The molecule has 0 bridgehead atoms. The van der Waals surface area contributed by atoms with Gasteiger partial charge in [0.1, 0.15) is 0 Å². The zero-order valence-electron chi connectivity index (χ0n) is 17.4. The van der Waals surface area contributed by atoms with Crippen LogP contribution in [0.5, 0.6) is 11.5 Å². The summed E-state index contributed by atoms with van der Waals surface area (Å²) in [7, 11) is 3.21. The molecule has 1 unspecified atom stereocenters. The highest BCUT2D eigenvalue weighted by atomic mass is 79.9. The first-order valence-corrected chi connectivity index (χ1v) is 10.8. The number of ketones is 1. The van der Waals surface area contributed by atoms with Gasteiger partial charge in [-0.05, 0) is 64.5 Å². The average molecular weight is 467 g/mol. The molecule has 2 aromatic carbocycles. The largest absolute Gasteiger partial charge is 0.493 e. The van der Waals surface area contributed by atoms with Crippen LogP contribution in [0.1, 0.15) is 32.6 Å². The zero-order chi connectivity index (χ0) is 21.3. The number of hydrogen-bond acceptors (Lipinski definition) is 3. The predicted octanol–water partition coefficient (Wildman–Crippen LogP) is 4.71. The maximum atomic E-state index is 13.0. The minimum Gasteiger partial charge on any atom is -0.493 e. The second kappa shape index (κ2) is 8.60. The van der Waals surface area contributed by atoms with E-state index >= 15 is 0 Å². The number of pyridine rings is 1. The number of halogens is 1. The van der Waals surface area contributed by atoms with Crippen LogP contribution in [0.25, 0.3) is 0 Å². The van der Waals surface area contributed by atoms with E-state index in [1.54, 1.807) is 14.2 Å². The van der Waals surface area contributed by atoms with E-state index in [9.17, 15) is 4.79 Å². The summed E-state index contributed by atoms with van der Waals surface area (Å²) in [5.41, 5.74) is 5.50. The molecular weight excluding hydrogens is 442 g/mol. The summed E-state index contributed by atoms with van der Waals surface area (Å²) in [6, 6.07) is 14.3. The van der Waals surface area contributed by atoms with Crippen LogP contribution in [0.3, 0.4) is 0 Å². The van der Waals surface area contributed by atoms with Crippen molar-refractivity contribution >= 4 is 21.7 Å². The first-order chi connectivity index (χ1) is 14.5. The highest BCUT2D eigenvalue weighted by Gasteiger charge is 2.32. The molecule has 0 amide bonds. The molecule has 1 atom stereocenters. The molecule has 5 heteroatoms. The smallest absolute Gasteiger partial charge is 0.183 e. The number of carbonyl (C=O) groups excluding carboxylic acids is 1. The number of hydrogen-bond donors (Lipinski definition) is 0. The number of benzene rings is 2. The second-order valence-electron chi connectivity index (χ2n) is 7.75. The number of rotatable bonds is 6. The van der Waals surface area contributed by atoms with Gasteiger partial charge in [-0.1, -0.05) is 24.3 Å². The van der Waals surface area contributed by atoms with Crippen molar-refractivity contribution in [3.05, 3.63) is 87.1 Å². The number of fused-ring (bicyclic) bond motifs is 1. The van der Waals surface area contributed by atoms with Gasteiger partial charge in [0.15, 0.2) is 36.2 Å². The molecule has 0 N–H and O–H groups in total. The molecule has 154 valence electrons. The summed E-state index contributed by atoms with van der Waals surface area (Å²) in [5, 5.41) is 0. The summed E-state index contributed by atoms with van der Waals surface area (Å²) in [4.78, 5) is 13.0. The first kappa shape index (κ1) is 20.6. The maximum Gasteiger partial charge on any atom is 0.183 e. The van der Waals surface area contributed by atoms with Crippen molar-refractivity contribution < 1.29 is 18.8 Å². The quantitative estimate of drug-likeness (QED) is 0.493. The number of nitrogens with zero attached hydrogens (tertiary/aromatic N) is 1. The van der Waals surface area contributed by atoms with Gasteiger partial charge in [0, 0.05) is 23.1 Å². The minimum absolute atomic E-state index is 0.0691. The fourth-order valence-corrected chi connectivity index (χ4v) is 4.67. The lowest BCUT2D eigenvalue weighted by Gasteiger charge is -2.09.